The summed E-state index contributed by atoms with van der Waals surface area (Å²) in [6, 6.07) is 0. The predicted molar refractivity (Wildman–Crippen MR) is 49.9 cm³/mol. The minimum absolute atomic E-state index is 0.0412. The van der Waals surface area contributed by atoms with Crippen molar-refractivity contribution in [3.05, 3.63) is 0 Å². The summed E-state index contributed by atoms with van der Waals surface area (Å²) in [5, 5.41) is 7.79. The first kappa shape index (κ1) is 15.4. The molecule has 0 heterocycles. The fourth-order valence-corrected chi connectivity index (χ4v) is 0.338. The molecule has 0 saturated carbocycles. The van der Waals surface area contributed by atoms with E-state index in [4.69, 9.17) is 5.11 Å². The Labute approximate surface area is 83.1 Å². The second kappa shape index (κ2) is 10.0. The lowest BCUT2D eigenvalue weighted by Gasteiger charge is -1.94. The van der Waals surface area contributed by atoms with E-state index in [0.29, 0.717) is 0 Å². The summed E-state index contributed by atoms with van der Waals surface area (Å²) in [6.07, 6.45) is 0. The lowest BCUT2D eigenvalue weighted by molar-refractivity contribution is -0.126. The molecule has 0 radical (unpaired) electrons. The summed E-state index contributed by atoms with van der Waals surface area (Å²) < 4.78 is 4.66. The molecule has 14 heavy (non-hydrogen) atoms. The van der Waals surface area contributed by atoms with Crippen LogP contribution in [0.3, 0.4) is 0 Å². The molecule has 0 rings (SSSR count). The average Bonchev–Trinajstić information content (AvgIpc) is 2.04. The largest absolute Gasteiger partial charge is 0.389 e. The monoisotopic (exact) mass is 204 g/mol. The third-order valence-electron chi connectivity index (χ3n) is 0.833. The Morgan fingerprint density at radius 3 is 1.36 bits per heavy atom. The van der Waals surface area contributed by atoms with Crippen molar-refractivity contribution in [1.29, 1.82) is 0 Å². The summed E-state index contributed by atoms with van der Waals surface area (Å²) in [5.74, 6) is -0.308. The number of ketones is 3. The maximum Gasteiger partial charge on any atom is 0.155 e. The van der Waals surface area contributed by atoms with Gasteiger partial charge >= 0.3 is 0 Å². The number of carbonyl (C=O) groups is 3. The summed E-state index contributed by atoms with van der Waals surface area (Å²) in [7, 11) is 0. The van der Waals surface area contributed by atoms with Crippen LogP contribution in [0.2, 0.25) is 0 Å². The fourth-order valence-electron chi connectivity index (χ4n) is 0.338. The highest BCUT2D eigenvalue weighted by Crippen LogP contribution is 1.76. The molecule has 82 valence electrons. The molecular formula is C9H16O5. The quantitative estimate of drug-likeness (QED) is 0.667. The van der Waals surface area contributed by atoms with Crippen molar-refractivity contribution < 1.29 is 24.2 Å². The number of ether oxygens (including phenoxy) is 1. The van der Waals surface area contributed by atoms with Gasteiger partial charge in [0.25, 0.3) is 0 Å². The third-order valence-corrected chi connectivity index (χ3v) is 0.833. The van der Waals surface area contributed by atoms with Gasteiger partial charge < -0.3 is 9.84 Å². The van der Waals surface area contributed by atoms with E-state index in [1.807, 2.05) is 0 Å². The van der Waals surface area contributed by atoms with E-state index in [0.717, 1.165) is 0 Å². The van der Waals surface area contributed by atoms with Gasteiger partial charge in [0, 0.05) is 0 Å². The number of aliphatic hydroxyl groups excluding tert-OH is 1. The summed E-state index contributed by atoms with van der Waals surface area (Å²) in [6.45, 7) is 3.92. The molecule has 5 nitrogen and oxygen atoms in total. The molecule has 0 aromatic rings. The molecule has 0 saturated heterocycles. The van der Waals surface area contributed by atoms with Crippen molar-refractivity contribution in [2.24, 2.45) is 0 Å². The van der Waals surface area contributed by atoms with E-state index in [9.17, 15) is 14.4 Å². The lowest BCUT2D eigenvalue weighted by atomic mass is 10.4. The van der Waals surface area contributed by atoms with E-state index in [-0.39, 0.29) is 37.2 Å². The summed E-state index contributed by atoms with van der Waals surface area (Å²) in [5.41, 5.74) is 0. The van der Waals surface area contributed by atoms with Gasteiger partial charge in [-0.2, -0.15) is 0 Å². The normalized spacial score (nSPS) is 8.57. The van der Waals surface area contributed by atoms with Gasteiger partial charge in [0.15, 0.2) is 17.3 Å². The Kier molecular flexibility index (Phi) is 11.0. The first-order valence-corrected chi connectivity index (χ1v) is 4.07. The first-order valence-electron chi connectivity index (χ1n) is 4.07. The molecule has 0 amide bonds. The Morgan fingerprint density at radius 1 is 0.929 bits per heavy atom. The molecule has 0 fully saturated rings. The van der Waals surface area contributed by atoms with Crippen LogP contribution < -0.4 is 0 Å². The average molecular weight is 204 g/mol. The summed E-state index contributed by atoms with van der Waals surface area (Å²) >= 11 is 0. The number of hydrogen-bond acceptors (Lipinski definition) is 5. The van der Waals surface area contributed by atoms with Gasteiger partial charge in [-0.1, -0.05) is 0 Å². The minimum atomic E-state index is -0.333. The van der Waals surface area contributed by atoms with Crippen LogP contribution in [-0.2, 0) is 19.1 Å². The van der Waals surface area contributed by atoms with Crippen LogP contribution in [0.15, 0.2) is 0 Å². The van der Waals surface area contributed by atoms with Gasteiger partial charge in [0.2, 0.25) is 0 Å². The fraction of sp³-hybridized carbons (Fsp3) is 0.667. The molecule has 0 aromatic heterocycles. The first-order chi connectivity index (χ1) is 6.40. The Hall–Kier alpha value is -1.07. The second-order valence-corrected chi connectivity index (χ2v) is 2.76. The van der Waals surface area contributed by atoms with Crippen molar-refractivity contribution in [1.82, 2.24) is 0 Å². The zero-order valence-corrected chi connectivity index (χ0v) is 8.70. The van der Waals surface area contributed by atoms with Crippen molar-refractivity contribution in [3.8, 4) is 0 Å². The molecule has 1 N–H and O–H groups in total. The molecule has 0 aliphatic rings. The molecule has 0 unspecified atom stereocenters. The van der Waals surface area contributed by atoms with E-state index in [1.165, 1.54) is 20.8 Å². The molecular weight excluding hydrogens is 188 g/mol. The van der Waals surface area contributed by atoms with Crippen LogP contribution in [0.5, 0.6) is 0 Å². The second-order valence-electron chi connectivity index (χ2n) is 2.76. The van der Waals surface area contributed by atoms with Crippen molar-refractivity contribution in [2.45, 2.75) is 20.8 Å². The van der Waals surface area contributed by atoms with Gasteiger partial charge in [-0.05, 0) is 20.8 Å². The molecule has 0 spiro atoms. The zero-order chi connectivity index (χ0) is 11.6. The van der Waals surface area contributed by atoms with E-state index < -0.39 is 0 Å². The van der Waals surface area contributed by atoms with Crippen molar-refractivity contribution in [3.63, 3.8) is 0 Å². The van der Waals surface area contributed by atoms with Crippen LogP contribution in [0.1, 0.15) is 20.8 Å². The molecule has 5 heteroatoms. The topological polar surface area (TPSA) is 80.7 Å². The van der Waals surface area contributed by atoms with Gasteiger partial charge in [-0.15, -0.1) is 0 Å². The molecule has 0 bridgehead atoms. The maximum atomic E-state index is 10.2. The van der Waals surface area contributed by atoms with Gasteiger partial charge in [0.1, 0.15) is 19.8 Å². The van der Waals surface area contributed by atoms with Crippen molar-refractivity contribution in [2.75, 3.05) is 19.8 Å². The highest BCUT2D eigenvalue weighted by Gasteiger charge is 1.94. The lowest BCUT2D eigenvalue weighted by Crippen LogP contribution is -2.09. The Bertz CT molecular complexity index is 183. The number of aliphatic hydroxyl groups is 1. The van der Waals surface area contributed by atoms with Crippen molar-refractivity contribution >= 4 is 17.3 Å². The molecule has 0 atom stereocenters. The van der Waals surface area contributed by atoms with Gasteiger partial charge in [0.05, 0.1) is 0 Å². The smallest absolute Gasteiger partial charge is 0.155 e. The van der Waals surface area contributed by atoms with Crippen LogP contribution >= 0.6 is 0 Å². The number of rotatable bonds is 5. The Morgan fingerprint density at radius 2 is 1.21 bits per heavy atom. The standard InChI is InChI=1S/C6H10O3.C3H6O2/c1-5(7)3-9-4-6(2)8;1-3(5)2-4/h3-4H2,1-2H3;4H,2H2,1H3. The molecule has 0 aliphatic carbocycles. The number of carbonyl (C=O) groups excluding carboxylic acids is 3. The number of Topliss-reactive ketones (excluding diaryl/α,β-unsaturated/α-hetero) is 3. The zero-order valence-electron chi connectivity index (χ0n) is 8.70. The van der Waals surface area contributed by atoms with Crippen LogP contribution in [0.4, 0.5) is 0 Å². The third kappa shape index (κ3) is 22.4. The minimum Gasteiger partial charge on any atom is -0.389 e. The summed E-state index contributed by atoms with van der Waals surface area (Å²) in [4.78, 5) is 29.9. The van der Waals surface area contributed by atoms with E-state index in [1.54, 1.807) is 0 Å². The van der Waals surface area contributed by atoms with Gasteiger partial charge in [-0.3, -0.25) is 14.4 Å². The molecule has 0 aromatic carbocycles. The van der Waals surface area contributed by atoms with Crippen LogP contribution in [0, 0.1) is 0 Å². The van der Waals surface area contributed by atoms with Crippen LogP contribution in [0.25, 0.3) is 0 Å². The van der Waals surface area contributed by atoms with Crippen LogP contribution in [-0.4, -0.2) is 42.3 Å². The van der Waals surface area contributed by atoms with E-state index >= 15 is 0 Å². The highest BCUT2D eigenvalue weighted by atomic mass is 16.5. The van der Waals surface area contributed by atoms with Gasteiger partial charge in [-0.25, -0.2) is 0 Å². The predicted octanol–water partition coefficient (Wildman–Crippen LogP) is -0.251. The highest BCUT2D eigenvalue weighted by molar-refractivity contribution is 5.79. The number of hydrogen-bond donors (Lipinski definition) is 1. The van der Waals surface area contributed by atoms with E-state index in [2.05, 4.69) is 4.74 Å². The Balaban J connectivity index is 0. The SMILES string of the molecule is CC(=O)CO.CC(=O)COCC(C)=O. The molecule has 0 aliphatic heterocycles. The maximum absolute atomic E-state index is 10.2.